The minimum atomic E-state index is -0.199. The first-order chi connectivity index (χ1) is 7.43. The van der Waals surface area contributed by atoms with Gasteiger partial charge in [-0.15, -0.1) is 0 Å². The molecule has 90 valence electrons. The second-order valence-corrected chi connectivity index (χ2v) is 6.77. The molecule has 0 fully saturated rings. The molecule has 0 saturated heterocycles. The van der Waals surface area contributed by atoms with Crippen molar-refractivity contribution < 1.29 is 4.39 Å². The quantitative estimate of drug-likeness (QED) is 0.887. The zero-order valence-electron chi connectivity index (χ0n) is 9.81. The van der Waals surface area contributed by atoms with Gasteiger partial charge in [0, 0.05) is 22.3 Å². The number of hydrogen-bond acceptors (Lipinski definition) is 2. The average molecular weight is 306 g/mol. The number of rotatable bonds is 5. The molecule has 0 spiro atoms. The van der Waals surface area contributed by atoms with Crippen molar-refractivity contribution in [2.45, 2.75) is 25.1 Å². The number of thioether (sulfide) groups is 1. The maximum atomic E-state index is 13.1. The van der Waals surface area contributed by atoms with Crippen LogP contribution in [0.15, 0.2) is 22.7 Å². The SMILES string of the molecule is CSC(C)(C)CNCc1cc(F)cc(Br)c1. The van der Waals surface area contributed by atoms with Crippen LogP contribution >= 0.6 is 27.7 Å². The van der Waals surface area contributed by atoms with Crippen LogP contribution in [0.1, 0.15) is 19.4 Å². The Kier molecular flexibility index (Phi) is 5.28. The molecular weight excluding hydrogens is 289 g/mol. The van der Waals surface area contributed by atoms with E-state index in [-0.39, 0.29) is 10.6 Å². The monoisotopic (exact) mass is 305 g/mol. The van der Waals surface area contributed by atoms with Crippen molar-refractivity contribution >= 4 is 27.7 Å². The van der Waals surface area contributed by atoms with E-state index >= 15 is 0 Å². The molecule has 1 N–H and O–H groups in total. The van der Waals surface area contributed by atoms with Crippen molar-refractivity contribution in [2.75, 3.05) is 12.8 Å². The van der Waals surface area contributed by atoms with Gasteiger partial charge in [0.15, 0.2) is 0 Å². The molecule has 0 aliphatic heterocycles. The van der Waals surface area contributed by atoms with E-state index in [2.05, 4.69) is 41.3 Å². The summed E-state index contributed by atoms with van der Waals surface area (Å²) in [6.45, 7) is 5.97. The highest BCUT2D eigenvalue weighted by atomic mass is 79.9. The molecule has 1 aromatic carbocycles. The van der Waals surface area contributed by atoms with Gasteiger partial charge in [-0.1, -0.05) is 15.9 Å². The lowest BCUT2D eigenvalue weighted by Crippen LogP contribution is -2.31. The van der Waals surface area contributed by atoms with Gasteiger partial charge in [-0.05, 0) is 43.9 Å². The van der Waals surface area contributed by atoms with Gasteiger partial charge in [0.1, 0.15) is 5.82 Å². The predicted octanol–water partition coefficient (Wildman–Crippen LogP) is 3.82. The summed E-state index contributed by atoms with van der Waals surface area (Å²) in [5.74, 6) is -0.199. The summed E-state index contributed by atoms with van der Waals surface area (Å²) in [5.41, 5.74) is 0.962. The van der Waals surface area contributed by atoms with Gasteiger partial charge >= 0.3 is 0 Å². The average Bonchev–Trinajstić information content (AvgIpc) is 2.16. The molecule has 0 atom stereocenters. The van der Waals surface area contributed by atoms with Crippen molar-refractivity contribution in [2.24, 2.45) is 0 Å². The van der Waals surface area contributed by atoms with Gasteiger partial charge in [-0.25, -0.2) is 4.39 Å². The molecule has 4 heteroatoms. The Morgan fingerprint density at radius 3 is 2.62 bits per heavy atom. The molecule has 0 saturated carbocycles. The van der Waals surface area contributed by atoms with E-state index in [0.717, 1.165) is 16.6 Å². The summed E-state index contributed by atoms with van der Waals surface area (Å²) in [4.78, 5) is 0. The van der Waals surface area contributed by atoms with Crippen molar-refractivity contribution in [3.63, 3.8) is 0 Å². The summed E-state index contributed by atoms with van der Waals surface area (Å²) >= 11 is 5.11. The number of halogens is 2. The van der Waals surface area contributed by atoms with Crippen LogP contribution in [0.2, 0.25) is 0 Å². The first kappa shape index (κ1) is 14.0. The van der Waals surface area contributed by atoms with Gasteiger partial charge in [-0.3, -0.25) is 0 Å². The van der Waals surface area contributed by atoms with E-state index < -0.39 is 0 Å². The van der Waals surface area contributed by atoms with Gasteiger partial charge in [0.25, 0.3) is 0 Å². The lowest BCUT2D eigenvalue weighted by Gasteiger charge is -2.22. The Morgan fingerprint density at radius 1 is 1.38 bits per heavy atom. The number of benzene rings is 1. The maximum Gasteiger partial charge on any atom is 0.124 e. The van der Waals surface area contributed by atoms with Gasteiger partial charge < -0.3 is 5.32 Å². The van der Waals surface area contributed by atoms with E-state index in [9.17, 15) is 4.39 Å². The van der Waals surface area contributed by atoms with Crippen molar-refractivity contribution in [3.8, 4) is 0 Å². The summed E-state index contributed by atoms with van der Waals surface area (Å²) in [6.07, 6.45) is 2.10. The highest BCUT2D eigenvalue weighted by Crippen LogP contribution is 2.20. The van der Waals surface area contributed by atoms with E-state index in [1.165, 1.54) is 6.07 Å². The van der Waals surface area contributed by atoms with Crippen LogP contribution in [0.3, 0.4) is 0 Å². The smallest absolute Gasteiger partial charge is 0.124 e. The molecule has 0 radical (unpaired) electrons. The Balaban J connectivity index is 2.49. The van der Waals surface area contributed by atoms with Crippen molar-refractivity contribution in [3.05, 3.63) is 34.1 Å². The molecular formula is C12H17BrFNS. The minimum absolute atomic E-state index is 0.199. The molecule has 1 nitrogen and oxygen atoms in total. The first-order valence-electron chi connectivity index (χ1n) is 5.14. The first-order valence-corrected chi connectivity index (χ1v) is 7.15. The van der Waals surface area contributed by atoms with Crippen LogP contribution in [-0.4, -0.2) is 17.5 Å². The molecule has 16 heavy (non-hydrogen) atoms. The lowest BCUT2D eigenvalue weighted by atomic mass is 10.2. The zero-order valence-corrected chi connectivity index (χ0v) is 12.2. The van der Waals surface area contributed by atoms with Crippen LogP contribution in [0.4, 0.5) is 4.39 Å². The molecule has 0 unspecified atom stereocenters. The minimum Gasteiger partial charge on any atom is -0.311 e. The summed E-state index contributed by atoms with van der Waals surface area (Å²) in [6, 6.07) is 4.96. The molecule has 1 aromatic rings. The topological polar surface area (TPSA) is 12.0 Å². The fourth-order valence-electron chi connectivity index (χ4n) is 1.29. The van der Waals surface area contributed by atoms with E-state index in [0.29, 0.717) is 6.54 Å². The lowest BCUT2D eigenvalue weighted by molar-refractivity contribution is 0.585. The van der Waals surface area contributed by atoms with Crippen molar-refractivity contribution in [1.82, 2.24) is 5.32 Å². The normalized spacial score (nSPS) is 11.8. The van der Waals surface area contributed by atoms with Crippen LogP contribution in [0.5, 0.6) is 0 Å². The molecule has 0 aromatic heterocycles. The van der Waals surface area contributed by atoms with Crippen LogP contribution in [0, 0.1) is 5.82 Å². The van der Waals surface area contributed by atoms with Gasteiger partial charge in [0.2, 0.25) is 0 Å². The molecule has 0 aliphatic rings. The Morgan fingerprint density at radius 2 is 2.06 bits per heavy atom. The largest absolute Gasteiger partial charge is 0.311 e. The van der Waals surface area contributed by atoms with Crippen molar-refractivity contribution in [1.29, 1.82) is 0 Å². The molecule has 0 heterocycles. The predicted molar refractivity (Wildman–Crippen MR) is 73.4 cm³/mol. The second kappa shape index (κ2) is 6.03. The van der Waals surface area contributed by atoms with Crippen LogP contribution in [-0.2, 0) is 6.54 Å². The maximum absolute atomic E-state index is 13.1. The Labute approximate surface area is 109 Å². The fraction of sp³-hybridized carbons (Fsp3) is 0.500. The molecule has 1 rings (SSSR count). The fourth-order valence-corrected chi connectivity index (χ4v) is 2.05. The van der Waals surface area contributed by atoms with Gasteiger partial charge in [0.05, 0.1) is 0 Å². The summed E-state index contributed by atoms with van der Waals surface area (Å²) in [7, 11) is 0. The number of nitrogens with one attached hydrogen (secondary N) is 1. The summed E-state index contributed by atoms with van der Waals surface area (Å²) in [5, 5.41) is 3.34. The molecule has 0 bridgehead atoms. The van der Waals surface area contributed by atoms with Crippen LogP contribution in [0.25, 0.3) is 0 Å². The molecule has 0 amide bonds. The molecule has 0 aliphatic carbocycles. The Bertz CT molecular complexity index is 335. The van der Waals surface area contributed by atoms with E-state index in [1.807, 2.05) is 17.8 Å². The third-order valence-corrected chi connectivity index (χ3v) is 4.06. The third-order valence-electron chi connectivity index (χ3n) is 2.35. The van der Waals surface area contributed by atoms with E-state index in [1.54, 1.807) is 6.07 Å². The summed E-state index contributed by atoms with van der Waals surface area (Å²) < 4.78 is 14.1. The van der Waals surface area contributed by atoms with Gasteiger partial charge in [-0.2, -0.15) is 11.8 Å². The van der Waals surface area contributed by atoms with Crippen LogP contribution < -0.4 is 5.32 Å². The highest BCUT2D eigenvalue weighted by molar-refractivity contribution is 9.10. The highest BCUT2D eigenvalue weighted by Gasteiger charge is 2.14. The third kappa shape index (κ3) is 4.85. The number of hydrogen-bond donors (Lipinski definition) is 1. The zero-order chi connectivity index (χ0) is 12.2. The van der Waals surface area contributed by atoms with E-state index in [4.69, 9.17) is 0 Å². The standard InChI is InChI=1S/C12H17BrFNS/c1-12(2,16-3)8-15-7-9-4-10(13)6-11(14)5-9/h4-6,15H,7-8H2,1-3H3. The Hall–Kier alpha value is -0.0600. The second-order valence-electron chi connectivity index (χ2n) is 4.35.